The second-order valence-electron chi connectivity index (χ2n) is 6.76. The van der Waals surface area contributed by atoms with E-state index in [1.54, 1.807) is 23.0 Å². The predicted octanol–water partition coefficient (Wildman–Crippen LogP) is 5.11. The summed E-state index contributed by atoms with van der Waals surface area (Å²) in [6.45, 7) is -0.114. The number of para-hydroxylation sites is 1. The van der Waals surface area contributed by atoms with Crippen molar-refractivity contribution in [1.82, 2.24) is 15.1 Å². The van der Waals surface area contributed by atoms with Crippen molar-refractivity contribution in [2.75, 3.05) is 7.11 Å². The zero-order valence-electron chi connectivity index (χ0n) is 16.8. The Labute approximate surface area is 192 Å². The molecule has 6 nitrogen and oxygen atoms in total. The molecule has 0 fully saturated rings. The van der Waals surface area contributed by atoms with Crippen LogP contribution in [0.15, 0.2) is 66.9 Å². The van der Waals surface area contributed by atoms with Gasteiger partial charge in [0.2, 0.25) is 0 Å². The molecule has 0 aliphatic carbocycles. The number of carbonyl (C=O) groups excluding carboxylic acids is 2. The average molecular weight is 470 g/mol. The zero-order chi connectivity index (χ0) is 22.7. The van der Waals surface area contributed by atoms with Gasteiger partial charge in [0, 0.05) is 18.3 Å². The molecule has 1 N–H and O–H groups in total. The van der Waals surface area contributed by atoms with E-state index in [4.69, 9.17) is 11.6 Å². The first-order valence-electron chi connectivity index (χ1n) is 9.52. The number of thiophene rings is 1. The molecule has 0 saturated carbocycles. The van der Waals surface area contributed by atoms with Crippen LogP contribution in [0.25, 0.3) is 16.3 Å². The van der Waals surface area contributed by atoms with Crippen molar-refractivity contribution < 1.29 is 18.7 Å². The number of methoxy groups -OCH3 is 1. The number of hydrogen-bond acceptors (Lipinski definition) is 5. The summed E-state index contributed by atoms with van der Waals surface area (Å²) in [5.41, 5.74) is 1.93. The summed E-state index contributed by atoms with van der Waals surface area (Å²) in [6, 6.07) is 16.7. The first-order valence-corrected chi connectivity index (χ1v) is 10.7. The molecule has 0 spiro atoms. The van der Waals surface area contributed by atoms with Gasteiger partial charge >= 0.3 is 5.97 Å². The number of amides is 1. The van der Waals surface area contributed by atoms with Crippen molar-refractivity contribution in [2.24, 2.45) is 0 Å². The van der Waals surface area contributed by atoms with Gasteiger partial charge in [0.05, 0.1) is 33.1 Å². The summed E-state index contributed by atoms with van der Waals surface area (Å²) in [6.07, 6.45) is 1.62. The van der Waals surface area contributed by atoms with Crippen molar-refractivity contribution in [3.05, 3.63) is 93.7 Å². The van der Waals surface area contributed by atoms with Gasteiger partial charge < -0.3 is 10.1 Å². The molecule has 1 amide bonds. The number of rotatable bonds is 6. The maximum atomic E-state index is 14.2. The molecule has 0 saturated heterocycles. The third kappa shape index (κ3) is 4.56. The lowest BCUT2D eigenvalue weighted by Crippen LogP contribution is -2.23. The molecule has 0 aliphatic heterocycles. The Hall–Kier alpha value is -3.49. The van der Waals surface area contributed by atoms with E-state index in [0.717, 1.165) is 10.6 Å². The molecular weight excluding hydrogens is 453 g/mol. The number of carbonyl (C=O) groups is 2. The number of esters is 1. The van der Waals surface area contributed by atoms with Crippen LogP contribution in [0.1, 0.15) is 26.3 Å². The van der Waals surface area contributed by atoms with Crippen LogP contribution in [0.5, 0.6) is 0 Å². The lowest BCUT2D eigenvalue weighted by Gasteiger charge is -2.08. The van der Waals surface area contributed by atoms with Crippen LogP contribution >= 0.6 is 22.9 Å². The molecule has 9 heteroatoms. The number of hydrogen-bond donors (Lipinski definition) is 1. The fourth-order valence-corrected chi connectivity index (χ4v) is 4.14. The highest BCUT2D eigenvalue weighted by molar-refractivity contribution is 7.19. The van der Waals surface area contributed by atoms with Gasteiger partial charge in [0.1, 0.15) is 11.5 Å². The molecule has 162 valence electrons. The smallest absolute Gasteiger partial charge is 0.337 e. The van der Waals surface area contributed by atoms with Gasteiger partial charge in [-0.1, -0.05) is 29.8 Å². The number of nitrogens with zero attached hydrogens (tertiary/aromatic N) is 2. The molecular formula is C23H17ClFN3O3S. The summed E-state index contributed by atoms with van der Waals surface area (Å²) >= 11 is 7.38. The minimum atomic E-state index is -0.585. The van der Waals surface area contributed by atoms with Crippen molar-refractivity contribution >= 4 is 34.8 Å². The highest BCUT2D eigenvalue weighted by atomic mass is 35.5. The van der Waals surface area contributed by atoms with Gasteiger partial charge in [0.15, 0.2) is 0 Å². The van der Waals surface area contributed by atoms with Gasteiger partial charge in [-0.25, -0.2) is 13.9 Å². The summed E-state index contributed by atoms with van der Waals surface area (Å²) < 4.78 is 21.1. The lowest BCUT2D eigenvalue weighted by atomic mass is 10.1. The molecule has 0 unspecified atom stereocenters. The highest BCUT2D eigenvalue weighted by Gasteiger charge is 2.20. The Morgan fingerprint density at radius 3 is 2.62 bits per heavy atom. The van der Waals surface area contributed by atoms with E-state index in [2.05, 4.69) is 15.2 Å². The molecule has 4 rings (SSSR count). The normalized spacial score (nSPS) is 10.7. The lowest BCUT2D eigenvalue weighted by molar-refractivity contribution is 0.0600. The van der Waals surface area contributed by atoms with Gasteiger partial charge in [-0.3, -0.25) is 4.79 Å². The summed E-state index contributed by atoms with van der Waals surface area (Å²) in [4.78, 5) is 25.5. The van der Waals surface area contributed by atoms with Crippen LogP contribution in [0.2, 0.25) is 4.34 Å². The van der Waals surface area contributed by atoms with Crippen molar-refractivity contribution in [2.45, 2.75) is 6.54 Å². The fraction of sp³-hybridized carbons (Fsp3) is 0.0870. The van der Waals surface area contributed by atoms with E-state index in [-0.39, 0.29) is 17.7 Å². The average Bonchev–Trinajstić information content (AvgIpc) is 3.45. The third-order valence-electron chi connectivity index (χ3n) is 4.69. The second-order valence-corrected chi connectivity index (χ2v) is 8.47. The van der Waals surface area contributed by atoms with Crippen LogP contribution < -0.4 is 5.32 Å². The first kappa shape index (κ1) is 21.7. The number of benzene rings is 2. The van der Waals surface area contributed by atoms with Crippen LogP contribution in [-0.2, 0) is 11.3 Å². The van der Waals surface area contributed by atoms with E-state index in [1.807, 2.05) is 30.3 Å². The molecule has 2 aromatic carbocycles. The first-order chi connectivity index (χ1) is 15.5. The Kier molecular flexibility index (Phi) is 6.34. The second kappa shape index (κ2) is 9.33. The molecule has 0 bridgehead atoms. The summed E-state index contributed by atoms with van der Waals surface area (Å²) in [5.74, 6) is -1.56. The Balaban J connectivity index is 1.63. The number of aromatic nitrogens is 2. The monoisotopic (exact) mass is 469 g/mol. The minimum absolute atomic E-state index is 0.114. The van der Waals surface area contributed by atoms with Crippen molar-refractivity contribution in [3.63, 3.8) is 0 Å². The van der Waals surface area contributed by atoms with Gasteiger partial charge in [-0.2, -0.15) is 5.10 Å². The molecule has 0 aliphatic rings. The van der Waals surface area contributed by atoms with Crippen LogP contribution in [-0.4, -0.2) is 28.8 Å². The van der Waals surface area contributed by atoms with E-state index >= 15 is 0 Å². The van der Waals surface area contributed by atoms with E-state index in [1.165, 1.54) is 36.6 Å². The number of halogens is 2. The zero-order valence-corrected chi connectivity index (χ0v) is 18.4. The summed E-state index contributed by atoms with van der Waals surface area (Å²) in [7, 11) is 1.25. The quantitative estimate of drug-likeness (QED) is 0.398. The Morgan fingerprint density at radius 2 is 1.94 bits per heavy atom. The molecule has 2 aromatic heterocycles. The van der Waals surface area contributed by atoms with Crippen molar-refractivity contribution in [1.29, 1.82) is 0 Å². The highest BCUT2D eigenvalue weighted by Crippen LogP contribution is 2.32. The maximum Gasteiger partial charge on any atom is 0.337 e. The minimum Gasteiger partial charge on any atom is -0.465 e. The van der Waals surface area contributed by atoms with Crippen LogP contribution in [0, 0.1) is 5.82 Å². The number of nitrogens with one attached hydrogen (secondary N) is 1. The SMILES string of the molecule is COC(=O)c1ccc(F)c(CNC(=O)c2cn(-c3ccccc3)nc2-c2ccc(Cl)s2)c1. The molecule has 2 heterocycles. The number of ether oxygens (including phenoxy) is 1. The predicted molar refractivity (Wildman–Crippen MR) is 121 cm³/mol. The van der Waals surface area contributed by atoms with E-state index in [9.17, 15) is 14.0 Å². The summed E-state index contributed by atoms with van der Waals surface area (Å²) in [5, 5.41) is 7.29. The maximum absolute atomic E-state index is 14.2. The standard InChI is InChI=1S/C23H17ClFN3O3S/c1-31-23(30)14-7-8-18(25)15(11-14)12-26-22(29)17-13-28(16-5-3-2-4-6-16)27-21(17)19-9-10-20(24)32-19/h2-11,13H,12H2,1H3,(H,26,29). The van der Waals surface area contributed by atoms with E-state index in [0.29, 0.717) is 15.6 Å². The fourth-order valence-electron chi connectivity index (χ4n) is 3.10. The Bertz CT molecular complexity index is 1290. The molecule has 4 aromatic rings. The van der Waals surface area contributed by atoms with Gasteiger partial charge in [-0.05, 0) is 42.5 Å². The van der Waals surface area contributed by atoms with E-state index < -0.39 is 17.7 Å². The third-order valence-corrected chi connectivity index (χ3v) is 5.93. The van der Waals surface area contributed by atoms with Crippen LogP contribution in [0.4, 0.5) is 4.39 Å². The molecule has 0 radical (unpaired) electrons. The van der Waals surface area contributed by atoms with Crippen molar-refractivity contribution in [3.8, 4) is 16.3 Å². The largest absolute Gasteiger partial charge is 0.465 e. The molecule has 0 atom stereocenters. The Morgan fingerprint density at radius 1 is 1.16 bits per heavy atom. The van der Waals surface area contributed by atoms with Crippen LogP contribution in [0.3, 0.4) is 0 Å². The van der Waals surface area contributed by atoms with Gasteiger partial charge in [0.25, 0.3) is 5.91 Å². The topological polar surface area (TPSA) is 73.2 Å². The molecule has 32 heavy (non-hydrogen) atoms. The van der Waals surface area contributed by atoms with Gasteiger partial charge in [-0.15, -0.1) is 11.3 Å².